The van der Waals surface area contributed by atoms with Crippen LogP contribution in [-0.2, 0) is 18.3 Å². The number of halogens is 1. The highest BCUT2D eigenvalue weighted by molar-refractivity contribution is 6.31. The summed E-state index contributed by atoms with van der Waals surface area (Å²) in [7, 11) is 1.83. The maximum Gasteiger partial charge on any atom is 0.228 e. The van der Waals surface area contributed by atoms with Crippen LogP contribution in [0.25, 0.3) is 11.4 Å². The molecule has 0 aliphatic heterocycles. The van der Waals surface area contributed by atoms with Crippen LogP contribution in [0, 0.1) is 0 Å². The lowest BCUT2D eigenvalue weighted by Gasteiger charge is -2.08. The monoisotopic (exact) mass is 343 g/mol. The summed E-state index contributed by atoms with van der Waals surface area (Å²) in [6.07, 6.45) is 4.88. The Balaban J connectivity index is 1.74. The van der Waals surface area contributed by atoms with Crippen molar-refractivity contribution in [1.29, 1.82) is 0 Å². The number of phenols is 1. The maximum absolute atomic E-state index is 12.2. The van der Waals surface area contributed by atoms with Gasteiger partial charge >= 0.3 is 0 Å². The van der Waals surface area contributed by atoms with Crippen LogP contribution in [0.15, 0.2) is 43.0 Å². The van der Waals surface area contributed by atoms with E-state index in [2.05, 4.69) is 20.5 Å². The Morgan fingerprint density at radius 3 is 2.88 bits per heavy atom. The normalized spacial score (nSPS) is 10.6. The average Bonchev–Trinajstić information content (AvgIpc) is 2.96. The fourth-order valence-corrected chi connectivity index (χ4v) is 2.47. The van der Waals surface area contributed by atoms with Crippen LogP contribution < -0.4 is 5.32 Å². The number of aromatic hydroxyl groups is 1. The number of hydrogen-bond donors (Lipinski definition) is 2. The summed E-state index contributed by atoms with van der Waals surface area (Å²) in [5.74, 6) is 0.476. The second-order valence-electron chi connectivity index (χ2n) is 5.23. The molecule has 0 spiro atoms. The zero-order valence-electron chi connectivity index (χ0n) is 12.8. The molecule has 1 aromatic carbocycles. The lowest BCUT2D eigenvalue weighted by atomic mass is 10.1. The van der Waals surface area contributed by atoms with E-state index in [4.69, 9.17) is 11.6 Å². The Labute approximate surface area is 142 Å². The van der Waals surface area contributed by atoms with Gasteiger partial charge in [0.05, 0.1) is 18.3 Å². The molecule has 0 bridgehead atoms. The van der Waals surface area contributed by atoms with Crippen molar-refractivity contribution >= 4 is 23.2 Å². The van der Waals surface area contributed by atoms with Gasteiger partial charge in [-0.1, -0.05) is 17.7 Å². The molecule has 3 rings (SSSR count). The van der Waals surface area contributed by atoms with Crippen LogP contribution in [0.1, 0.15) is 5.56 Å². The van der Waals surface area contributed by atoms with Crippen molar-refractivity contribution in [2.24, 2.45) is 7.05 Å². The second kappa shape index (κ2) is 6.67. The molecule has 3 aromatic rings. The molecular formula is C16H14ClN5O2. The molecule has 0 unspecified atom stereocenters. The SMILES string of the molecule is Cn1cnnc1-c1cncc(NC(=O)Cc2ccc(O)cc2Cl)c1. The van der Waals surface area contributed by atoms with Gasteiger partial charge in [-0.2, -0.15) is 0 Å². The zero-order chi connectivity index (χ0) is 17.1. The van der Waals surface area contributed by atoms with Crippen molar-refractivity contribution < 1.29 is 9.90 Å². The first-order valence-electron chi connectivity index (χ1n) is 7.09. The highest BCUT2D eigenvalue weighted by Crippen LogP contribution is 2.23. The van der Waals surface area contributed by atoms with E-state index < -0.39 is 0 Å². The topological polar surface area (TPSA) is 92.9 Å². The van der Waals surface area contributed by atoms with Crippen LogP contribution in [0.3, 0.4) is 0 Å². The summed E-state index contributed by atoms with van der Waals surface area (Å²) < 4.78 is 1.76. The molecule has 2 aromatic heterocycles. The maximum atomic E-state index is 12.2. The number of rotatable bonds is 4. The molecule has 122 valence electrons. The number of amides is 1. The van der Waals surface area contributed by atoms with E-state index in [0.29, 0.717) is 22.1 Å². The largest absolute Gasteiger partial charge is 0.508 e. The predicted molar refractivity (Wildman–Crippen MR) is 89.7 cm³/mol. The van der Waals surface area contributed by atoms with E-state index >= 15 is 0 Å². The van der Waals surface area contributed by atoms with Gasteiger partial charge in [0.25, 0.3) is 0 Å². The number of carbonyl (C=O) groups excluding carboxylic acids is 1. The molecular weight excluding hydrogens is 330 g/mol. The molecule has 2 N–H and O–H groups in total. The van der Waals surface area contributed by atoms with E-state index in [1.165, 1.54) is 12.1 Å². The van der Waals surface area contributed by atoms with E-state index in [9.17, 15) is 9.90 Å². The molecule has 8 heteroatoms. The van der Waals surface area contributed by atoms with Gasteiger partial charge in [0.2, 0.25) is 5.91 Å². The number of aryl methyl sites for hydroxylation is 1. The summed E-state index contributed by atoms with van der Waals surface area (Å²) in [6.45, 7) is 0. The molecule has 0 radical (unpaired) electrons. The quantitative estimate of drug-likeness (QED) is 0.758. The molecule has 0 saturated heterocycles. The predicted octanol–water partition coefficient (Wildman–Crippen LogP) is 2.42. The smallest absolute Gasteiger partial charge is 0.228 e. The van der Waals surface area contributed by atoms with Crippen molar-refractivity contribution in [2.45, 2.75) is 6.42 Å². The number of anilines is 1. The van der Waals surface area contributed by atoms with Gasteiger partial charge in [-0.05, 0) is 23.8 Å². The Bertz CT molecular complexity index is 894. The first-order chi connectivity index (χ1) is 11.5. The average molecular weight is 344 g/mol. The van der Waals surface area contributed by atoms with E-state index in [-0.39, 0.29) is 18.1 Å². The Morgan fingerprint density at radius 1 is 1.33 bits per heavy atom. The number of aromatic nitrogens is 4. The Morgan fingerprint density at radius 2 is 2.17 bits per heavy atom. The summed E-state index contributed by atoms with van der Waals surface area (Å²) in [5.41, 5.74) is 1.93. The highest BCUT2D eigenvalue weighted by Gasteiger charge is 2.10. The Hall–Kier alpha value is -2.93. The highest BCUT2D eigenvalue weighted by atomic mass is 35.5. The fourth-order valence-electron chi connectivity index (χ4n) is 2.23. The molecule has 0 atom stereocenters. The first-order valence-corrected chi connectivity index (χ1v) is 7.47. The fraction of sp³-hybridized carbons (Fsp3) is 0.125. The van der Waals surface area contributed by atoms with Crippen molar-refractivity contribution in [3.8, 4) is 17.1 Å². The number of carbonyl (C=O) groups is 1. The molecule has 0 aliphatic rings. The number of nitrogens with zero attached hydrogens (tertiary/aromatic N) is 4. The summed E-state index contributed by atoms with van der Waals surface area (Å²) in [4.78, 5) is 16.3. The minimum Gasteiger partial charge on any atom is -0.508 e. The lowest BCUT2D eigenvalue weighted by molar-refractivity contribution is -0.115. The van der Waals surface area contributed by atoms with Crippen LogP contribution >= 0.6 is 11.6 Å². The van der Waals surface area contributed by atoms with Gasteiger partial charge in [-0.15, -0.1) is 10.2 Å². The number of hydrogen-bond acceptors (Lipinski definition) is 5. The van der Waals surface area contributed by atoms with Crippen molar-refractivity contribution in [1.82, 2.24) is 19.7 Å². The van der Waals surface area contributed by atoms with E-state index in [0.717, 1.165) is 5.56 Å². The third-order valence-electron chi connectivity index (χ3n) is 3.38. The van der Waals surface area contributed by atoms with Crippen LogP contribution in [-0.4, -0.2) is 30.8 Å². The van der Waals surface area contributed by atoms with Gasteiger partial charge in [-0.3, -0.25) is 9.78 Å². The van der Waals surface area contributed by atoms with Gasteiger partial charge in [-0.25, -0.2) is 0 Å². The third kappa shape index (κ3) is 3.52. The minimum atomic E-state index is -0.237. The number of benzene rings is 1. The molecule has 0 fully saturated rings. The second-order valence-corrected chi connectivity index (χ2v) is 5.64. The van der Waals surface area contributed by atoms with Gasteiger partial charge in [0.15, 0.2) is 5.82 Å². The summed E-state index contributed by atoms with van der Waals surface area (Å²) >= 11 is 6.02. The lowest BCUT2D eigenvalue weighted by Crippen LogP contribution is -2.14. The van der Waals surface area contributed by atoms with Crippen molar-refractivity contribution in [3.05, 3.63) is 53.6 Å². The standard InChI is InChI=1S/C16H14ClN5O2/c1-22-9-19-21-16(22)11-4-12(8-18-7-11)20-15(24)5-10-2-3-13(23)6-14(10)17/h2-4,6-9,23H,5H2,1H3,(H,20,24). The number of phenolic OH excluding ortho intramolecular Hbond substituents is 1. The number of nitrogens with one attached hydrogen (secondary N) is 1. The first kappa shape index (κ1) is 15.9. The van der Waals surface area contributed by atoms with E-state index in [1.807, 2.05) is 7.05 Å². The summed E-state index contributed by atoms with van der Waals surface area (Å²) in [5, 5.41) is 20.3. The van der Waals surface area contributed by atoms with Gasteiger partial charge in [0, 0.05) is 23.8 Å². The van der Waals surface area contributed by atoms with Crippen LogP contribution in [0.5, 0.6) is 5.75 Å². The molecule has 0 saturated carbocycles. The molecule has 1 amide bonds. The Kier molecular flexibility index (Phi) is 4.43. The number of pyridine rings is 1. The molecule has 7 nitrogen and oxygen atoms in total. The molecule has 2 heterocycles. The zero-order valence-corrected chi connectivity index (χ0v) is 13.5. The third-order valence-corrected chi connectivity index (χ3v) is 3.73. The van der Waals surface area contributed by atoms with E-state index in [1.54, 1.807) is 35.4 Å². The van der Waals surface area contributed by atoms with Crippen molar-refractivity contribution in [3.63, 3.8) is 0 Å². The van der Waals surface area contributed by atoms with Gasteiger partial charge < -0.3 is 15.0 Å². The molecule has 24 heavy (non-hydrogen) atoms. The molecule has 0 aliphatic carbocycles. The van der Waals surface area contributed by atoms with Crippen LogP contribution in [0.4, 0.5) is 5.69 Å². The van der Waals surface area contributed by atoms with Crippen LogP contribution in [0.2, 0.25) is 5.02 Å². The minimum absolute atomic E-state index is 0.0599. The van der Waals surface area contributed by atoms with Gasteiger partial charge in [0.1, 0.15) is 12.1 Å². The van der Waals surface area contributed by atoms with Crippen molar-refractivity contribution in [2.75, 3.05) is 5.32 Å². The summed E-state index contributed by atoms with van der Waals surface area (Å²) in [6, 6.07) is 6.28.